The maximum Gasteiger partial charge on any atom is 0.146 e. The highest BCUT2D eigenvalue weighted by atomic mass is 19.1. The summed E-state index contributed by atoms with van der Waals surface area (Å²) in [5, 5.41) is 0. The third kappa shape index (κ3) is 1.32. The topological polar surface area (TPSA) is 26.0 Å². The van der Waals surface area contributed by atoms with Crippen LogP contribution in [0.3, 0.4) is 0 Å². The molecular weight excluding hydrogens is 141 g/mol. The first-order chi connectivity index (χ1) is 5.15. The van der Waals surface area contributed by atoms with Gasteiger partial charge in [0.25, 0.3) is 0 Å². The van der Waals surface area contributed by atoms with Crippen molar-refractivity contribution in [3.8, 4) is 12.3 Å². The number of aryl methyl sites for hydroxylation is 1. The van der Waals surface area contributed by atoms with Gasteiger partial charge in [-0.2, -0.15) is 0 Å². The van der Waals surface area contributed by atoms with Crippen LogP contribution in [0.4, 0.5) is 10.1 Å². The van der Waals surface area contributed by atoms with E-state index in [2.05, 4.69) is 5.92 Å². The molecule has 2 heteroatoms. The molecule has 0 bridgehead atoms. The molecule has 0 spiro atoms. The molecule has 2 N–H and O–H groups in total. The van der Waals surface area contributed by atoms with Crippen molar-refractivity contribution < 1.29 is 4.39 Å². The second kappa shape index (κ2) is 2.63. The number of hydrogen-bond acceptors (Lipinski definition) is 1. The lowest BCUT2D eigenvalue weighted by Gasteiger charge is -2.00. The molecular formula is C9H8FN. The third-order valence-corrected chi connectivity index (χ3v) is 1.50. The van der Waals surface area contributed by atoms with Gasteiger partial charge < -0.3 is 5.73 Å². The van der Waals surface area contributed by atoms with Gasteiger partial charge in [0.15, 0.2) is 0 Å². The fourth-order valence-electron chi connectivity index (χ4n) is 0.845. The molecule has 0 aliphatic carbocycles. The minimum atomic E-state index is -0.415. The Labute approximate surface area is 65.0 Å². The highest BCUT2D eigenvalue weighted by Crippen LogP contribution is 2.15. The van der Waals surface area contributed by atoms with E-state index in [1.54, 1.807) is 6.92 Å². The van der Waals surface area contributed by atoms with Crippen molar-refractivity contribution >= 4 is 5.69 Å². The van der Waals surface area contributed by atoms with E-state index in [0.29, 0.717) is 5.56 Å². The van der Waals surface area contributed by atoms with Crippen molar-refractivity contribution in [1.82, 2.24) is 0 Å². The van der Waals surface area contributed by atoms with E-state index in [0.717, 1.165) is 5.56 Å². The second-order valence-electron chi connectivity index (χ2n) is 2.33. The van der Waals surface area contributed by atoms with Gasteiger partial charge in [-0.15, -0.1) is 6.42 Å². The average Bonchev–Trinajstić information content (AvgIpc) is 1.97. The zero-order valence-electron chi connectivity index (χ0n) is 6.19. The Kier molecular flexibility index (Phi) is 1.82. The molecule has 1 aromatic carbocycles. The van der Waals surface area contributed by atoms with E-state index >= 15 is 0 Å². The predicted octanol–water partition coefficient (Wildman–Crippen LogP) is 1.70. The van der Waals surface area contributed by atoms with E-state index in [9.17, 15) is 4.39 Å². The first-order valence-corrected chi connectivity index (χ1v) is 3.17. The van der Waals surface area contributed by atoms with Gasteiger partial charge in [-0.1, -0.05) is 5.92 Å². The summed E-state index contributed by atoms with van der Waals surface area (Å²) in [5.74, 6) is 2.00. The maximum absolute atomic E-state index is 12.7. The standard InChI is InChI=1S/C9H8FN/c1-3-7-5-9(11)8(10)4-6(7)2/h1,4-5H,11H2,2H3. The largest absolute Gasteiger partial charge is 0.396 e. The van der Waals surface area contributed by atoms with E-state index in [1.807, 2.05) is 0 Å². The summed E-state index contributed by atoms with van der Waals surface area (Å²) in [6.07, 6.45) is 5.14. The van der Waals surface area contributed by atoms with Crippen molar-refractivity contribution in [2.75, 3.05) is 5.73 Å². The Hall–Kier alpha value is -1.49. The van der Waals surface area contributed by atoms with Crippen molar-refractivity contribution in [3.05, 3.63) is 29.1 Å². The van der Waals surface area contributed by atoms with Crippen LogP contribution in [0.15, 0.2) is 12.1 Å². The van der Waals surface area contributed by atoms with Crippen molar-refractivity contribution in [1.29, 1.82) is 0 Å². The Bertz CT molecular complexity index is 323. The third-order valence-electron chi connectivity index (χ3n) is 1.50. The van der Waals surface area contributed by atoms with Gasteiger partial charge in [-0.25, -0.2) is 4.39 Å². The smallest absolute Gasteiger partial charge is 0.146 e. The van der Waals surface area contributed by atoms with Gasteiger partial charge in [0.1, 0.15) is 5.82 Å². The molecule has 0 amide bonds. The molecule has 0 saturated carbocycles. The van der Waals surface area contributed by atoms with Crippen molar-refractivity contribution in [2.24, 2.45) is 0 Å². The molecule has 1 nitrogen and oxygen atoms in total. The molecule has 0 radical (unpaired) electrons. The zero-order valence-corrected chi connectivity index (χ0v) is 6.19. The van der Waals surface area contributed by atoms with E-state index in [4.69, 9.17) is 12.2 Å². The van der Waals surface area contributed by atoms with Gasteiger partial charge >= 0.3 is 0 Å². The van der Waals surface area contributed by atoms with Crippen molar-refractivity contribution in [2.45, 2.75) is 6.92 Å². The fourth-order valence-corrected chi connectivity index (χ4v) is 0.845. The van der Waals surface area contributed by atoms with Crippen LogP contribution >= 0.6 is 0 Å². The summed E-state index contributed by atoms with van der Waals surface area (Å²) in [6.45, 7) is 1.75. The lowest BCUT2D eigenvalue weighted by atomic mass is 10.1. The van der Waals surface area contributed by atoms with Crippen LogP contribution in [0.2, 0.25) is 0 Å². The molecule has 56 valence electrons. The van der Waals surface area contributed by atoms with Gasteiger partial charge in [-0.3, -0.25) is 0 Å². The number of terminal acetylenes is 1. The number of rotatable bonds is 0. The first-order valence-electron chi connectivity index (χ1n) is 3.17. The molecule has 0 saturated heterocycles. The van der Waals surface area contributed by atoms with E-state index < -0.39 is 5.82 Å². The number of nitrogen functional groups attached to an aromatic ring is 1. The Morgan fingerprint density at radius 2 is 2.18 bits per heavy atom. The van der Waals surface area contributed by atoms with Crippen LogP contribution in [0.1, 0.15) is 11.1 Å². The molecule has 0 heterocycles. The van der Waals surface area contributed by atoms with Crippen molar-refractivity contribution in [3.63, 3.8) is 0 Å². The highest BCUT2D eigenvalue weighted by molar-refractivity contribution is 5.51. The van der Waals surface area contributed by atoms with E-state index in [1.165, 1.54) is 12.1 Å². The van der Waals surface area contributed by atoms with Crippen LogP contribution in [0, 0.1) is 25.1 Å². The zero-order chi connectivity index (χ0) is 8.43. The molecule has 0 atom stereocenters. The Morgan fingerprint density at radius 3 is 2.73 bits per heavy atom. The number of benzene rings is 1. The molecule has 1 aromatic rings. The quantitative estimate of drug-likeness (QED) is 0.441. The predicted molar refractivity (Wildman–Crippen MR) is 43.5 cm³/mol. The summed E-state index contributed by atoms with van der Waals surface area (Å²) in [7, 11) is 0. The average molecular weight is 149 g/mol. The monoisotopic (exact) mass is 149 g/mol. The number of hydrogen-bond donors (Lipinski definition) is 1. The summed E-state index contributed by atoms with van der Waals surface area (Å²) in [4.78, 5) is 0. The molecule has 0 aromatic heterocycles. The highest BCUT2D eigenvalue weighted by Gasteiger charge is 2.01. The first kappa shape index (κ1) is 7.62. The normalized spacial score (nSPS) is 9.18. The SMILES string of the molecule is C#Cc1cc(N)c(F)cc1C. The summed E-state index contributed by atoms with van der Waals surface area (Å²) in [5.41, 5.74) is 6.77. The summed E-state index contributed by atoms with van der Waals surface area (Å²) >= 11 is 0. The minimum Gasteiger partial charge on any atom is -0.396 e. The van der Waals surface area contributed by atoms with Crippen LogP contribution in [-0.2, 0) is 0 Å². The summed E-state index contributed by atoms with van der Waals surface area (Å²) < 4.78 is 12.7. The summed E-state index contributed by atoms with van der Waals surface area (Å²) in [6, 6.07) is 2.80. The molecule has 0 aliphatic rings. The molecule has 1 rings (SSSR count). The van der Waals surface area contributed by atoms with E-state index in [-0.39, 0.29) is 5.69 Å². The Balaban J connectivity index is 3.35. The van der Waals surface area contributed by atoms with Crippen LogP contribution in [0.25, 0.3) is 0 Å². The molecule has 11 heavy (non-hydrogen) atoms. The molecule has 0 fully saturated rings. The number of nitrogens with two attached hydrogens (primary N) is 1. The Morgan fingerprint density at radius 1 is 1.55 bits per heavy atom. The second-order valence-corrected chi connectivity index (χ2v) is 2.33. The van der Waals surface area contributed by atoms with Crippen LogP contribution < -0.4 is 5.73 Å². The van der Waals surface area contributed by atoms with Gasteiger partial charge in [0.05, 0.1) is 5.69 Å². The maximum atomic E-state index is 12.7. The fraction of sp³-hybridized carbons (Fsp3) is 0.111. The van der Waals surface area contributed by atoms with Crippen LogP contribution in [-0.4, -0.2) is 0 Å². The van der Waals surface area contributed by atoms with Gasteiger partial charge in [-0.05, 0) is 24.6 Å². The lowest BCUT2D eigenvalue weighted by molar-refractivity contribution is 0.631. The molecule has 0 aliphatic heterocycles. The lowest BCUT2D eigenvalue weighted by Crippen LogP contribution is -1.93. The number of anilines is 1. The number of halogens is 1. The molecule has 0 unspecified atom stereocenters. The van der Waals surface area contributed by atoms with Gasteiger partial charge in [0.2, 0.25) is 0 Å². The van der Waals surface area contributed by atoms with Gasteiger partial charge in [0, 0.05) is 5.56 Å². The van der Waals surface area contributed by atoms with Crippen LogP contribution in [0.5, 0.6) is 0 Å². The minimum absolute atomic E-state index is 0.101.